The van der Waals surface area contributed by atoms with Gasteiger partial charge in [0.1, 0.15) is 16.8 Å². The number of allylic oxidation sites excluding steroid dienone is 2. The number of methoxy groups -OCH3 is 3. The molecule has 0 spiro atoms. The molecule has 0 saturated carbocycles. The van der Waals surface area contributed by atoms with Crippen molar-refractivity contribution >= 4 is 51.1 Å². The number of hydrogen-bond acceptors (Lipinski definition) is 10. The van der Waals surface area contributed by atoms with E-state index in [-0.39, 0.29) is 42.2 Å². The molecule has 4 N–H and O–H groups in total. The van der Waals surface area contributed by atoms with E-state index in [1.165, 1.54) is 28.3 Å². The van der Waals surface area contributed by atoms with Gasteiger partial charge >= 0.3 is 17.9 Å². The van der Waals surface area contributed by atoms with Gasteiger partial charge in [-0.2, -0.15) is 0 Å². The van der Waals surface area contributed by atoms with E-state index in [1.807, 2.05) is 40.7 Å². The van der Waals surface area contributed by atoms with Gasteiger partial charge in [0.15, 0.2) is 0 Å². The van der Waals surface area contributed by atoms with E-state index in [0.29, 0.717) is 52.7 Å². The molecule has 12 nitrogen and oxygen atoms in total. The fourth-order valence-electron chi connectivity index (χ4n) is 7.14. The second-order valence-corrected chi connectivity index (χ2v) is 13.0. The Kier molecular flexibility index (Phi) is 10.1. The molecule has 2 unspecified atom stereocenters. The van der Waals surface area contributed by atoms with Crippen molar-refractivity contribution in [1.29, 1.82) is 0 Å². The van der Waals surface area contributed by atoms with Crippen LogP contribution in [0.3, 0.4) is 0 Å². The maximum atomic E-state index is 13.7. The van der Waals surface area contributed by atoms with Crippen LogP contribution < -0.4 is 0 Å². The number of nitrogens with one attached hydrogen (secondary N) is 2. The number of carbonyl (C=O) groups is 3. The molecular weight excluding hydrogens is 640 g/mol. The first kappa shape index (κ1) is 36.5. The number of nitrogens with zero attached hydrogens (tertiary/aromatic N) is 2. The normalized spacial score (nSPS) is 18.7. The summed E-state index contributed by atoms with van der Waals surface area (Å²) in [4.78, 5) is 55.0. The van der Waals surface area contributed by atoms with E-state index in [9.17, 15) is 24.6 Å². The van der Waals surface area contributed by atoms with Crippen LogP contribution in [0.2, 0.25) is 0 Å². The molecule has 0 saturated heterocycles. The van der Waals surface area contributed by atoms with E-state index in [2.05, 4.69) is 9.97 Å². The Morgan fingerprint density at radius 1 is 0.780 bits per heavy atom. The summed E-state index contributed by atoms with van der Waals surface area (Å²) in [7, 11) is 3.93. The molecule has 0 aromatic carbocycles. The number of aromatic nitrogens is 4. The lowest BCUT2D eigenvalue weighted by atomic mass is 9.78. The molecule has 3 aromatic heterocycles. The van der Waals surface area contributed by atoms with E-state index >= 15 is 0 Å². The predicted octanol–water partition coefficient (Wildman–Crippen LogP) is 5.78. The van der Waals surface area contributed by atoms with Gasteiger partial charge in [0.2, 0.25) is 0 Å². The van der Waals surface area contributed by atoms with Crippen molar-refractivity contribution < 1.29 is 38.8 Å². The predicted molar refractivity (Wildman–Crippen MR) is 189 cm³/mol. The number of aliphatic hydroxyl groups is 2. The number of esters is 3. The fourth-order valence-corrected chi connectivity index (χ4v) is 7.14. The zero-order valence-electron chi connectivity index (χ0n) is 30.2. The number of aromatic amines is 2. The van der Waals surface area contributed by atoms with Gasteiger partial charge in [-0.25, -0.2) is 9.78 Å². The molecule has 0 aliphatic carbocycles. The maximum Gasteiger partial charge on any atom is 0.342 e. The van der Waals surface area contributed by atoms with Crippen LogP contribution in [0, 0.1) is 13.8 Å². The molecule has 0 radical (unpaired) electrons. The summed E-state index contributed by atoms with van der Waals surface area (Å²) in [5.41, 5.74) is 5.23. The molecule has 50 heavy (non-hydrogen) atoms. The average molecular weight is 687 g/mol. The van der Waals surface area contributed by atoms with Crippen LogP contribution in [0.5, 0.6) is 0 Å². The molecule has 0 fully saturated rings. The van der Waals surface area contributed by atoms with Gasteiger partial charge in [-0.3, -0.25) is 14.6 Å². The summed E-state index contributed by atoms with van der Waals surface area (Å²) in [6, 6.07) is 5.23. The molecule has 2 aliphatic heterocycles. The number of ether oxygens (including phenoxy) is 3. The molecule has 12 heteroatoms. The van der Waals surface area contributed by atoms with Gasteiger partial charge in [-0.05, 0) is 105 Å². The third-order valence-corrected chi connectivity index (χ3v) is 10.3. The molecule has 266 valence electrons. The fraction of sp³-hybridized carbons (Fsp3) is 0.447. The zero-order valence-corrected chi connectivity index (χ0v) is 30.2. The molecule has 2 atom stereocenters. The highest BCUT2D eigenvalue weighted by atomic mass is 16.5. The van der Waals surface area contributed by atoms with Crippen LogP contribution in [-0.4, -0.2) is 69.4 Å². The summed E-state index contributed by atoms with van der Waals surface area (Å²) in [5.74, 6) is -1.49. The summed E-state index contributed by atoms with van der Waals surface area (Å²) >= 11 is 0. The van der Waals surface area contributed by atoms with Crippen LogP contribution in [0.25, 0.3) is 33.2 Å². The highest BCUT2D eigenvalue weighted by Gasteiger charge is 2.54. The van der Waals surface area contributed by atoms with Gasteiger partial charge < -0.3 is 34.4 Å². The first-order chi connectivity index (χ1) is 23.7. The Labute approximate surface area is 290 Å². The van der Waals surface area contributed by atoms with E-state index < -0.39 is 23.1 Å². The van der Waals surface area contributed by atoms with Crippen molar-refractivity contribution in [3.8, 4) is 0 Å². The monoisotopic (exact) mass is 686 g/mol. The van der Waals surface area contributed by atoms with Gasteiger partial charge in [0.05, 0.1) is 49.6 Å². The first-order valence-corrected chi connectivity index (χ1v) is 16.8. The number of rotatable bonds is 9. The second kappa shape index (κ2) is 13.8. The minimum Gasteiger partial charge on any atom is -0.469 e. The lowest BCUT2D eigenvalue weighted by Gasteiger charge is -2.35. The summed E-state index contributed by atoms with van der Waals surface area (Å²) in [6.45, 7) is 11.3. The number of aryl methyl sites for hydroxylation is 4. The summed E-state index contributed by atoms with van der Waals surface area (Å²) in [5, 5.41) is 24.5. The molecule has 0 amide bonds. The number of fused-ring (bicyclic) bond motifs is 8. The quantitative estimate of drug-likeness (QED) is 0.160. The molecule has 3 aromatic rings. The molecule has 2 aliphatic rings. The largest absolute Gasteiger partial charge is 0.469 e. The number of hydrogen-bond donors (Lipinski definition) is 4. The first-order valence-electron chi connectivity index (χ1n) is 16.8. The van der Waals surface area contributed by atoms with Crippen molar-refractivity contribution in [3.63, 3.8) is 0 Å². The Bertz CT molecular complexity index is 2090. The Morgan fingerprint density at radius 2 is 1.40 bits per heavy atom. The minimum atomic E-state index is -2.02. The SMILES string of the molecule is CCC1=C(C)c2cc3[nH]c(cc4nc(cc5[nH]c(c(CC)c5C)c(C(=O)OC)c1n2)C(C)(O)C4(O)CCC(=O)OC)c(CCC(=O)OC)c3C. The van der Waals surface area contributed by atoms with Crippen LogP contribution >= 0.6 is 0 Å². The second-order valence-electron chi connectivity index (χ2n) is 13.0. The number of carbonyl (C=O) groups excluding carboxylic acids is 3. The van der Waals surface area contributed by atoms with Crippen molar-refractivity contribution in [2.45, 2.75) is 91.3 Å². The Balaban J connectivity index is 2.02. The van der Waals surface area contributed by atoms with Crippen LogP contribution in [-0.2, 0) is 47.8 Å². The summed E-state index contributed by atoms with van der Waals surface area (Å²) < 4.78 is 15.1. The van der Waals surface area contributed by atoms with Crippen molar-refractivity contribution in [2.24, 2.45) is 0 Å². The third-order valence-electron chi connectivity index (χ3n) is 10.3. The standard InChI is InChI=1S/C38H46N4O8/c1-10-22-19(3)26-16-25-21(5)24(12-13-31(43)48-7)28(39-25)18-30-38(47,15-14-32(44)49-8)37(6,46)29(42-30)17-27-20(4)23(11-2)35(41-27)33(34(22)40-26)36(45)50-9/h16-18,39,41,46-47H,10-15H2,1-9H3. The smallest absolute Gasteiger partial charge is 0.342 e. The molecule has 8 bridgehead atoms. The Morgan fingerprint density at radius 3 is 2.02 bits per heavy atom. The van der Waals surface area contributed by atoms with Crippen LogP contribution in [0.1, 0.15) is 109 Å². The highest BCUT2D eigenvalue weighted by molar-refractivity contribution is 6.06. The highest BCUT2D eigenvalue weighted by Crippen LogP contribution is 2.47. The van der Waals surface area contributed by atoms with E-state index in [1.54, 1.807) is 12.1 Å². The van der Waals surface area contributed by atoms with Gasteiger partial charge in [-0.1, -0.05) is 13.8 Å². The van der Waals surface area contributed by atoms with Gasteiger partial charge in [-0.15, -0.1) is 0 Å². The topological polar surface area (TPSA) is 177 Å². The van der Waals surface area contributed by atoms with Crippen molar-refractivity contribution in [3.05, 3.63) is 68.8 Å². The lowest BCUT2D eigenvalue weighted by Crippen LogP contribution is -2.44. The van der Waals surface area contributed by atoms with Crippen molar-refractivity contribution in [2.75, 3.05) is 21.3 Å². The minimum absolute atomic E-state index is 0.0979. The molecular formula is C38H46N4O8. The zero-order chi connectivity index (χ0) is 36.7. The summed E-state index contributed by atoms with van der Waals surface area (Å²) in [6.07, 6.45) is 1.21. The van der Waals surface area contributed by atoms with Gasteiger partial charge in [0, 0.05) is 29.4 Å². The lowest BCUT2D eigenvalue weighted by molar-refractivity contribution is -0.160. The average Bonchev–Trinajstić information content (AvgIpc) is 3.73. The van der Waals surface area contributed by atoms with Crippen LogP contribution in [0.4, 0.5) is 0 Å². The van der Waals surface area contributed by atoms with Gasteiger partial charge in [0.25, 0.3) is 0 Å². The maximum absolute atomic E-state index is 13.7. The Hall–Kier alpha value is -4.81. The van der Waals surface area contributed by atoms with Crippen LogP contribution in [0.15, 0.2) is 18.2 Å². The number of H-pyrrole nitrogens is 2. The van der Waals surface area contributed by atoms with Crippen molar-refractivity contribution in [1.82, 2.24) is 19.9 Å². The van der Waals surface area contributed by atoms with E-state index in [4.69, 9.17) is 24.2 Å². The third kappa shape index (κ3) is 6.00. The molecule has 5 heterocycles. The van der Waals surface area contributed by atoms with E-state index in [0.717, 1.165) is 33.4 Å². The molecule has 5 rings (SSSR count).